The molecule has 0 N–H and O–H groups in total. The minimum absolute atomic E-state index is 0.363. The molecule has 4 heteroatoms. The van der Waals surface area contributed by atoms with E-state index in [2.05, 4.69) is 0 Å². The first kappa shape index (κ1) is 19.6. The van der Waals surface area contributed by atoms with Crippen LogP contribution in [0.15, 0.2) is 72.8 Å². The predicted octanol–water partition coefficient (Wildman–Crippen LogP) is 5.65. The number of hydrogen-bond donors (Lipinski definition) is 0. The second kappa shape index (κ2) is 9.72. The van der Waals surface area contributed by atoms with Gasteiger partial charge in [-0.25, -0.2) is 4.79 Å². The van der Waals surface area contributed by atoms with Crippen LogP contribution in [0.25, 0.3) is 0 Å². The predicted molar refractivity (Wildman–Crippen MR) is 109 cm³/mol. The van der Waals surface area contributed by atoms with Gasteiger partial charge in [0, 0.05) is 25.2 Å². The van der Waals surface area contributed by atoms with E-state index >= 15 is 0 Å². The summed E-state index contributed by atoms with van der Waals surface area (Å²) in [5.74, 6) is 1.78. The van der Waals surface area contributed by atoms with Gasteiger partial charge in [-0.2, -0.15) is 0 Å². The molecule has 0 radical (unpaired) electrons. The summed E-state index contributed by atoms with van der Waals surface area (Å²) >= 11 is 0. The number of esters is 1. The van der Waals surface area contributed by atoms with E-state index in [0.717, 1.165) is 35.8 Å². The second-order valence-electron chi connectivity index (χ2n) is 6.16. The lowest BCUT2D eigenvalue weighted by molar-refractivity contribution is 0.0733. The van der Waals surface area contributed by atoms with Gasteiger partial charge in [0.1, 0.15) is 17.2 Å². The number of benzene rings is 3. The van der Waals surface area contributed by atoms with Crippen molar-refractivity contribution in [3.05, 3.63) is 89.5 Å². The van der Waals surface area contributed by atoms with Gasteiger partial charge in [0.25, 0.3) is 0 Å². The smallest absolute Gasteiger partial charge is 0.343 e. The van der Waals surface area contributed by atoms with Crippen LogP contribution in [0.2, 0.25) is 0 Å². The molecule has 0 fully saturated rings. The third-order valence-corrected chi connectivity index (χ3v) is 4.27. The maximum Gasteiger partial charge on any atom is 0.343 e. The molecule has 0 amide bonds. The fourth-order valence-electron chi connectivity index (χ4n) is 2.91. The Kier molecular flexibility index (Phi) is 6.82. The van der Waals surface area contributed by atoms with Crippen molar-refractivity contribution in [2.75, 3.05) is 13.2 Å². The molecule has 0 spiro atoms. The Morgan fingerprint density at radius 1 is 0.857 bits per heavy atom. The van der Waals surface area contributed by atoms with Crippen molar-refractivity contribution in [3.8, 4) is 17.2 Å². The zero-order valence-corrected chi connectivity index (χ0v) is 16.2. The average molecular weight is 376 g/mol. The second-order valence-corrected chi connectivity index (χ2v) is 6.16. The van der Waals surface area contributed by atoms with Gasteiger partial charge in [-0.15, -0.1) is 0 Å². The quantitative estimate of drug-likeness (QED) is 0.341. The number of fused-ring (bicyclic) bond motifs is 2. The first-order valence-corrected chi connectivity index (χ1v) is 9.45. The molecule has 0 unspecified atom stereocenters. The van der Waals surface area contributed by atoms with Crippen LogP contribution in [0.1, 0.15) is 35.3 Å². The molecule has 0 aliphatic carbocycles. The van der Waals surface area contributed by atoms with Gasteiger partial charge in [0.2, 0.25) is 0 Å². The van der Waals surface area contributed by atoms with Crippen LogP contribution in [0, 0.1) is 0 Å². The van der Waals surface area contributed by atoms with E-state index in [1.807, 2.05) is 68.4 Å². The molecule has 3 aromatic carbocycles. The van der Waals surface area contributed by atoms with Gasteiger partial charge in [0.05, 0.1) is 5.56 Å². The van der Waals surface area contributed by atoms with Crippen LogP contribution in [0.4, 0.5) is 0 Å². The highest BCUT2D eigenvalue weighted by atomic mass is 16.5. The number of hydrogen-bond acceptors (Lipinski definition) is 4. The molecule has 1 heterocycles. The van der Waals surface area contributed by atoms with Crippen LogP contribution in [-0.2, 0) is 11.2 Å². The molecule has 28 heavy (non-hydrogen) atoms. The SMILES string of the molecule is CCOCC.O=C(Oc1cccc2c1Cc1ccccc1O2)c1ccccc1. The largest absolute Gasteiger partial charge is 0.457 e. The van der Waals surface area contributed by atoms with Crippen molar-refractivity contribution in [3.63, 3.8) is 0 Å². The van der Waals surface area contributed by atoms with E-state index in [4.69, 9.17) is 14.2 Å². The van der Waals surface area contributed by atoms with Gasteiger partial charge >= 0.3 is 5.97 Å². The molecule has 144 valence electrons. The molecule has 0 saturated carbocycles. The number of para-hydroxylation sites is 1. The highest BCUT2D eigenvalue weighted by Crippen LogP contribution is 2.40. The number of ether oxygens (including phenoxy) is 3. The molecule has 0 saturated heterocycles. The monoisotopic (exact) mass is 376 g/mol. The van der Waals surface area contributed by atoms with Crippen molar-refractivity contribution in [2.24, 2.45) is 0 Å². The maximum atomic E-state index is 12.3. The van der Waals surface area contributed by atoms with Crippen LogP contribution in [0.3, 0.4) is 0 Å². The van der Waals surface area contributed by atoms with E-state index in [1.165, 1.54) is 0 Å². The van der Waals surface area contributed by atoms with Gasteiger partial charge in [-0.05, 0) is 49.7 Å². The summed E-state index contributed by atoms with van der Waals surface area (Å²) in [7, 11) is 0. The van der Waals surface area contributed by atoms with Gasteiger partial charge in [0.15, 0.2) is 0 Å². The summed E-state index contributed by atoms with van der Waals surface area (Å²) in [5.41, 5.74) is 2.51. The van der Waals surface area contributed by atoms with E-state index < -0.39 is 0 Å². The molecular weight excluding hydrogens is 352 g/mol. The normalized spacial score (nSPS) is 11.2. The Hall–Kier alpha value is -3.11. The van der Waals surface area contributed by atoms with Crippen LogP contribution in [0.5, 0.6) is 17.2 Å². The maximum absolute atomic E-state index is 12.3. The standard InChI is InChI=1S/C20H14O3.C4H10O/c21-20(14-7-2-1-3-8-14)23-19-12-6-11-18-16(19)13-15-9-4-5-10-17(15)22-18;1-3-5-4-2/h1-12H,13H2;3-4H2,1-2H3. The van der Waals surface area contributed by atoms with Crippen molar-refractivity contribution in [1.82, 2.24) is 0 Å². The third-order valence-electron chi connectivity index (χ3n) is 4.27. The van der Waals surface area contributed by atoms with Crippen molar-refractivity contribution in [1.29, 1.82) is 0 Å². The molecule has 3 aromatic rings. The first-order chi connectivity index (χ1) is 13.7. The van der Waals surface area contributed by atoms with E-state index in [1.54, 1.807) is 18.2 Å². The van der Waals surface area contributed by atoms with Gasteiger partial charge in [-0.3, -0.25) is 0 Å². The van der Waals surface area contributed by atoms with Gasteiger partial charge in [-0.1, -0.05) is 42.5 Å². The number of carbonyl (C=O) groups is 1. The summed E-state index contributed by atoms with van der Waals surface area (Å²) in [6.07, 6.45) is 0.684. The fourth-order valence-corrected chi connectivity index (χ4v) is 2.91. The summed E-state index contributed by atoms with van der Waals surface area (Å²) in [6.45, 7) is 5.67. The number of rotatable bonds is 4. The van der Waals surface area contributed by atoms with E-state index in [0.29, 0.717) is 17.7 Å². The Morgan fingerprint density at radius 3 is 2.25 bits per heavy atom. The summed E-state index contributed by atoms with van der Waals surface area (Å²) in [4.78, 5) is 12.3. The number of carbonyl (C=O) groups excluding carboxylic acids is 1. The van der Waals surface area contributed by atoms with Crippen molar-refractivity contribution in [2.45, 2.75) is 20.3 Å². The molecule has 0 atom stereocenters. The lowest BCUT2D eigenvalue weighted by Crippen LogP contribution is -2.11. The molecule has 4 nitrogen and oxygen atoms in total. The molecular formula is C24H24O4. The zero-order valence-electron chi connectivity index (χ0n) is 16.2. The molecule has 0 bridgehead atoms. The highest BCUT2D eigenvalue weighted by Gasteiger charge is 2.21. The summed E-state index contributed by atoms with van der Waals surface area (Å²) in [5, 5.41) is 0. The Labute approximate surface area is 165 Å². The first-order valence-electron chi connectivity index (χ1n) is 9.45. The van der Waals surface area contributed by atoms with Crippen molar-refractivity contribution >= 4 is 5.97 Å². The topological polar surface area (TPSA) is 44.8 Å². The van der Waals surface area contributed by atoms with Crippen LogP contribution >= 0.6 is 0 Å². The fraction of sp³-hybridized carbons (Fsp3) is 0.208. The van der Waals surface area contributed by atoms with E-state index in [-0.39, 0.29) is 5.97 Å². The molecule has 1 aliphatic rings. The lowest BCUT2D eigenvalue weighted by Gasteiger charge is -2.22. The molecule has 4 rings (SSSR count). The zero-order chi connectivity index (χ0) is 19.8. The lowest BCUT2D eigenvalue weighted by atomic mass is 9.99. The van der Waals surface area contributed by atoms with Crippen LogP contribution < -0.4 is 9.47 Å². The summed E-state index contributed by atoms with van der Waals surface area (Å²) in [6, 6.07) is 22.4. The Morgan fingerprint density at radius 2 is 1.54 bits per heavy atom. The Bertz CT molecular complexity index is 917. The highest BCUT2D eigenvalue weighted by molar-refractivity contribution is 5.91. The Balaban J connectivity index is 0.000000403. The third kappa shape index (κ3) is 4.78. The van der Waals surface area contributed by atoms with Crippen molar-refractivity contribution < 1.29 is 19.0 Å². The summed E-state index contributed by atoms with van der Waals surface area (Å²) < 4.78 is 16.3. The van der Waals surface area contributed by atoms with Gasteiger partial charge < -0.3 is 14.2 Å². The minimum Gasteiger partial charge on any atom is -0.457 e. The molecule has 0 aromatic heterocycles. The van der Waals surface area contributed by atoms with Crippen LogP contribution in [-0.4, -0.2) is 19.2 Å². The average Bonchev–Trinajstić information content (AvgIpc) is 2.74. The molecule has 1 aliphatic heterocycles. The van der Waals surface area contributed by atoms with E-state index in [9.17, 15) is 4.79 Å². The minimum atomic E-state index is -0.363.